The van der Waals surface area contributed by atoms with E-state index in [4.69, 9.17) is 0 Å². The van der Waals surface area contributed by atoms with Gasteiger partial charge in [-0.3, -0.25) is 0 Å². The summed E-state index contributed by atoms with van der Waals surface area (Å²) in [6.45, 7) is 5.10. The molecule has 1 aliphatic rings. The summed E-state index contributed by atoms with van der Waals surface area (Å²) >= 11 is 0. The molecule has 4 nitrogen and oxygen atoms in total. The minimum atomic E-state index is 0.828. The largest absolute Gasteiger partial charge is 0.341 e. The Morgan fingerprint density at radius 2 is 2.06 bits per heavy atom. The summed E-state index contributed by atoms with van der Waals surface area (Å²) in [5.74, 6) is 1.73. The van der Waals surface area contributed by atoms with Crippen LogP contribution in [-0.4, -0.2) is 30.1 Å². The first kappa shape index (κ1) is 12.3. The van der Waals surface area contributed by atoms with Crippen LogP contribution in [0, 0.1) is 5.92 Å². The summed E-state index contributed by atoms with van der Waals surface area (Å²) in [6.07, 6.45) is 7.97. The van der Waals surface area contributed by atoms with Crippen LogP contribution in [0.5, 0.6) is 0 Å². The summed E-state index contributed by atoms with van der Waals surface area (Å²) in [5.41, 5.74) is 1.14. The third-order valence-corrected chi connectivity index (χ3v) is 3.44. The van der Waals surface area contributed by atoms with E-state index in [2.05, 4.69) is 27.1 Å². The van der Waals surface area contributed by atoms with E-state index in [1.807, 2.05) is 19.4 Å². The van der Waals surface area contributed by atoms with Crippen molar-refractivity contribution in [2.24, 2.45) is 5.92 Å². The summed E-state index contributed by atoms with van der Waals surface area (Å²) in [7, 11) is 1.93. The van der Waals surface area contributed by atoms with Crippen LogP contribution in [0.25, 0.3) is 0 Å². The second-order valence-corrected chi connectivity index (χ2v) is 4.76. The molecule has 0 spiro atoms. The highest BCUT2D eigenvalue weighted by molar-refractivity contribution is 5.29. The summed E-state index contributed by atoms with van der Waals surface area (Å²) in [4.78, 5) is 11.2. The third-order valence-electron chi connectivity index (χ3n) is 3.44. The van der Waals surface area contributed by atoms with E-state index in [1.165, 1.54) is 19.3 Å². The maximum atomic E-state index is 4.45. The Labute approximate surface area is 103 Å². The first-order valence-electron chi connectivity index (χ1n) is 6.54. The summed E-state index contributed by atoms with van der Waals surface area (Å²) in [6, 6.07) is 0. The normalized spacial score (nSPS) is 15.6. The van der Waals surface area contributed by atoms with Crippen molar-refractivity contribution in [2.45, 2.75) is 32.7 Å². The lowest BCUT2D eigenvalue weighted by Crippen LogP contribution is -2.33. The average molecular weight is 234 g/mol. The predicted octanol–water partition coefficient (Wildman–Crippen LogP) is 1.82. The zero-order valence-corrected chi connectivity index (χ0v) is 10.8. The molecule has 0 saturated heterocycles. The van der Waals surface area contributed by atoms with Crippen LogP contribution in [0.15, 0.2) is 12.4 Å². The van der Waals surface area contributed by atoms with E-state index >= 15 is 0 Å². The molecule has 1 N–H and O–H groups in total. The van der Waals surface area contributed by atoms with Gasteiger partial charge in [-0.1, -0.05) is 6.42 Å². The number of nitrogens with one attached hydrogen (secondary N) is 1. The summed E-state index contributed by atoms with van der Waals surface area (Å²) < 4.78 is 0. The lowest BCUT2D eigenvalue weighted by molar-refractivity contribution is 0.317. The van der Waals surface area contributed by atoms with Gasteiger partial charge in [0.1, 0.15) is 0 Å². The zero-order valence-electron chi connectivity index (χ0n) is 10.8. The summed E-state index contributed by atoms with van der Waals surface area (Å²) in [5, 5.41) is 3.10. The Balaban J connectivity index is 1.97. The van der Waals surface area contributed by atoms with E-state index < -0.39 is 0 Å². The minimum absolute atomic E-state index is 0.828. The van der Waals surface area contributed by atoms with Crippen LogP contribution in [0.1, 0.15) is 31.7 Å². The van der Waals surface area contributed by atoms with Crippen LogP contribution in [0.4, 0.5) is 5.95 Å². The Bertz CT molecular complexity index is 332. The molecule has 0 bridgehead atoms. The van der Waals surface area contributed by atoms with E-state index in [9.17, 15) is 0 Å². The van der Waals surface area contributed by atoms with Crippen molar-refractivity contribution in [1.82, 2.24) is 15.3 Å². The molecule has 1 saturated carbocycles. The van der Waals surface area contributed by atoms with E-state index in [1.54, 1.807) is 0 Å². The lowest BCUT2D eigenvalue weighted by atomic mass is 9.85. The smallest absolute Gasteiger partial charge is 0.225 e. The molecule has 1 aromatic rings. The molecular weight excluding hydrogens is 212 g/mol. The standard InChI is InChI=1S/C13H22N4/c1-3-17(10-11-5-4-6-11)13-15-8-12(7-14-2)9-16-13/h8-9,11,14H,3-7,10H2,1-2H3. The number of anilines is 1. The molecule has 17 heavy (non-hydrogen) atoms. The van der Waals surface area contributed by atoms with Crippen LogP contribution in [0.2, 0.25) is 0 Å². The fourth-order valence-corrected chi connectivity index (χ4v) is 2.15. The molecular formula is C13H22N4. The SMILES string of the molecule is CCN(CC1CCC1)c1ncc(CNC)cn1. The zero-order chi connectivity index (χ0) is 12.1. The Morgan fingerprint density at radius 1 is 1.35 bits per heavy atom. The van der Waals surface area contributed by atoms with Crippen molar-refractivity contribution in [2.75, 3.05) is 25.0 Å². The van der Waals surface area contributed by atoms with Gasteiger partial charge in [0.05, 0.1) is 0 Å². The molecule has 1 aliphatic carbocycles. The Morgan fingerprint density at radius 3 is 2.53 bits per heavy atom. The van der Waals surface area contributed by atoms with Gasteiger partial charge in [-0.2, -0.15) is 0 Å². The van der Waals surface area contributed by atoms with Crippen molar-refractivity contribution < 1.29 is 0 Å². The number of hydrogen-bond acceptors (Lipinski definition) is 4. The van der Waals surface area contributed by atoms with E-state index in [0.717, 1.165) is 37.1 Å². The molecule has 1 heterocycles. The molecule has 0 amide bonds. The van der Waals surface area contributed by atoms with Gasteiger partial charge in [-0.15, -0.1) is 0 Å². The van der Waals surface area contributed by atoms with Crippen molar-refractivity contribution in [3.63, 3.8) is 0 Å². The van der Waals surface area contributed by atoms with Crippen LogP contribution in [-0.2, 0) is 6.54 Å². The number of aromatic nitrogens is 2. The van der Waals surface area contributed by atoms with E-state index in [-0.39, 0.29) is 0 Å². The Hall–Kier alpha value is -1.16. The third kappa shape index (κ3) is 3.16. The van der Waals surface area contributed by atoms with Crippen LogP contribution >= 0.6 is 0 Å². The quantitative estimate of drug-likeness (QED) is 0.815. The van der Waals surface area contributed by atoms with Gasteiger partial charge in [-0.05, 0) is 32.7 Å². The van der Waals surface area contributed by atoms with Gasteiger partial charge in [0.25, 0.3) is 0 Å². The second kappa shape index (κ2) is 5.96. The lowest BCUT2D eigenvalue weighted by Gasteiger charge is -2.31. The van der Waals surface area contributed by atoms with Gasteiger partial charge < -0.3 is 10.2 Å². The topological polar surface area (TPSA) is 41.1 Å². The number of nitrogens with zero attached hydrogens (tertiary/aromatic N) is 3. The fourth-order valence-electron chi connectivity index (χ4n) is 2.15. The van der Waals surface area contributed by atoms with Gasteiger partial charge in [0.2, 0.25) is 5.95 Å². The van der Waals surface area contributed by atoms with Crippen molar-refractivity contribution in [3.05, 3.63) is 18.0 Å². The maximum Gasteiger partial charge on any atom is 0.225 e. The van der Waals surface area contributed by atoms with Gasteiger partial charge in [0, 0.05) is 37.6 Å². The van der Waals surface area contributed by atoms with Crippen molar-refractivity contribution >= 4 is 5.95 Å². The molecule has 0 atom stereocenters. The number of rotatable bonds is 6. The first-order valence-corrected chi connectivity index (χ1v) is 6.54. The minimum Gasteiger partial charge on any atom is -0.341 e. The van der Waals surface area contributed by atoms with Gasteiger partial charge in [-0.25, -0.2) is 9.97 Å². The Kier molecular flexibility index (Phi) is 4.31. The predicted molar refractivity (Wildman–Crippen MR) is 70.0 cm³/mol. The molecule has 1 aromatic heterocycles. The number of hydrogen-bond donors (Lipinski definition) is 1. The van der Waals surface area contributed by atoms with E-state index in [0.29, 0.717) is 0 Å². The highest BCUT2D eigenvalue weighted by Gasteiger charge is 2.21. The molecule has 4 heteroatoms. The van der Waals surface area contributed by atoms with Gasteiger partial charge in [0.15, 0.2) is 0 Å². The molecule has 1 fully saturated rings. The van der Waals surface area contributed by atoms with Crippen molar-refractivity contribution in [1.29, 1.82) is 0 Å². The molecule has 0 aromatic carbocycles. The highest BCUT2D eigenvalue weighted by atomic mass is 15.2. The average Bonchev–Trinajstić information content (AvgIpc) is 2.30. The molecule has 0 aliphatic heterocycles. The fraction of sp³-hybridized carbons (Fsp3) is 0.692. The van der Waals surface area contributed by atoms with Gasteiger partial charge >= 0.3 is 0 Å². The second-order valence-electron chi connectivity index (χ2n) is 4.76. The molecule has 94 valence electrons. The van der Waals surface area contributed by atoms with Crippen molar-refractivity contribution in [3.8, 4) is 0 Å². The molecule has 2 rings (SSSR count). The molecule has 0 unspecified atom stereocenters. The maximum absolute atomic E-state index is 4.45. The molecule has 0 radical (unpaired) electrons. The monoisotopic (exact) mass is 234 g/mol. The highest BCUT2D eigenvalue weighted by Crippen LogP contribution is 2.27. The van der Waals surface area contributed by atoms with Crippen LogP contribution < -0.4 is 10.2 Å². The first-order chi connectivity index (χ1) is 8.33. The van der Waals surface area contributed by atoms with Crippen LogP contribution in [0.3, 0.4) is 0 Å².